The minimum Gasteiger partial charge on any atom is -0.207 e. The van der Waals surface area contributed by atoms with Crippen LogP contribution >= 0.6 is 34.2 Å². The van der Waals surface area contributed by atoms with Gasteiger partial charge in [-0.05, 0) is 38.3 Å². The van der Waals surface area contributed by atoms with Gasteiger partial charge in [0.25, 0.3) is 0 Å². The Balaban J connectivity index is 2.30. The van der Waals surface area contributed by atoms with E-state index in [1.165, 1.54) is 4.31 Å². The molecule has 0 saturated carbocycles. The molecule has 1 atom stereocenters. The monoisotopic (exact) mass is 413 g/mol. The number of benzene rings is 1. The number of nitrogens with zero attached hydrogens (tertiary/aromatic N) is 1. The molecular formula is C13H17ClINO2S. The molecule has 106 valence electrons. The second-order valence-corrected chi connectivity index (χ2v) is 10.3. The maximum atomic E-state index is 12.6. The summed E-state index contributed by atoms with van der Waals surface area (Å²) in [6.07, 6.45) is 2.67. The summed E-state index contributed by atoms with van der Waals surface area (Å²) < 4.78 is 26.2. The van der Waals surface area contributed by atoms with Crippen molar-refractivity contribution in [3.63, 3.8) is 0 Å². The molecule has 1 fully saturated rings. The highest BCUT2D eigenvalue weighted by atomic mass is 127. The molecule has 0 spiro atoms. The highest BCUT2D eigenvalue weighted by Gasteiger charge is 2.35. The molecular weight excluding hydrogens is 397 g/mol. The van der Waals surface area contributed by atoms with Gasteiger partial charge in [-0.15, -0.1) is 11.6 Å². The first kappa shape index (κ1) is 15.5. The third-order valence-corrected chi connectivity index (χ3v) is 6.31. The maximum Gasteiger partial charge on any atom is 0.243 e. The zero-order valence-corrected chi connectivity index (χ0v) is 14.5. The maximum absolute atomic E-state index is 12.6. The topological polar surface area (TPSA) is 37.4 Å². The lowest BCUT2D eigenvalue weighted by atomic mass is 10.2. The molecule has 1 heterocycles. The van der Waals surface area contributed by atoms with E-state index in [9.17, 15) is 8.42 Å². The summed E-state index contributed by atoms with van der Waals surface area (Å²) >= 11 is 8.53. The van der Waals surface area contributed by atoms with Crippen LogP contribution in [0.2, 0.25) is 0 Å². The van der Waals surface area contributed by atoms with Gasteiger partial charge in [-0.2, -0.15) is 4.31 Å². The number of alkyl halides is 2. The van der Waals surface area contributed by atoms with E-state index in [1.54, 1.807) is 12.1 Å². The fraction of sp³-hybridized carbons (Fsp3) is 0.538. The van der Waals surface area contributed by atoms with Crippen LogP contribution in [0.4, 0.5) is 0 Å². The number of aryl methyl sites for hydroxylation is 1. The first-order valence-electron chi connectivity index (χ1n) is 6.26. The van der Waals surface area contributed by atoms with Gasteiger partial charge < -0.3 is 0 Å². The zero-order valence-electron chi connectivity index (χ0n) is 10.8. The standard InChI is InChI=1S/C13H17ClINO2S/c1-11-4-6-12(7-5-11)19(17,18)16-9-3-2-8-13(14,15)10-16/h4-7H,2-3,8-10H2,1H3. The molecule has 3 nitrogen and oxygen atoms in total. The molecule has 0 aliphatic carbocycles. The lowest BCUT2D eigenvalue weighted by Crippen LogP contribution is -2.38. The molecule has 1 aliphatic heterocycles. The average Bonchev–Trinajstić information content (AvgIpc) is 2.51. The number of hydrogen-bond acceptors (Lipinski definition) is 2. The smallest absolute Gasteiger partial charge is 0.207 e. The van der Waals surface area contributed by atoms with Crippen LogP contribution in [0.5, 0.6) is 0 Å². The Bertz CT molecular complexity index is 542. The summed E-state index contributed by atoms with van der Waals surface area (Å²) in [6.45, 7) is 2.86. The van der Waals surface area contributed by atoms with E-state index >= 15 is 0 Å². The number of rotatable bonds is 2. The van der Waals surface area contributed by atoms with E-state index in [0.29, 0.717) is 18.0 Å². The average molecular weight is 414 g/mol. The number of halogens is 2. The Morgan fingerprint density at radius 2 is 1.89 bits per heavy atom. The van der Waals surface area contributed by atoms with E-state index in [4.69, 9.17) is 11.6 Å². The van der Waals surface area contributed by atoms with Crippen molar-refractivity contribution in [1.29, 1.82) is 0 Å². The van der Waals surface area contributed by atoms with Gasteiger partial charge in [0.1, 0.15) is 2.88 Å². The Hall–Kier alpha value is 0.150. The van der Waals surface area contributed by atoms with Gasteiger partial charge in [0, 0.05) is 13.1 Å². The third kappa shape index (κ3) is 3.83. The van der Waals surface area contributed by atoms with Gasteiger partial charge in [0.05, 0.1) is 4.90 Å². The molecule has 0 amide bonds. The van der Waals surface area contributed by atoms with Crippen molar-refractivity contribution in [2.75, 3.05) is 13.1 Å². The van der Waals surface area contributed by atoms with Gasteiger partial charge in [-0.3, -0.25) is 0 Å². The van der Waals surface area contributed by atoms with Crippen molar-refractivity contribution in [3.8, 4) is 0 Å². The molecule has 2 rings (SSSR count). The normalized spacial score (nSPS) is 26.1. The predicted octanol–water partition coefficient (Wildman–Crippen LogP) is 3.54. The van der Waals surface area contributed by atoms with Crippen LogP contribution in [0.1, 0.15) is 24.8 Å². The number of hydrogen-bond donors (Lipinski definition) is 0. The molecule has 0 aromatic heterocycles. The van der Waals surface area contributed by atoms with Crippen molar-refractivity contribution >= 4 is 44.2 Å². The molecule has 1 aliphatic rings. The first-order chi connectivity index (χ1) is 8.81. The van der Waals surface area contributed by atoms with Gasteiger partial charge in [0.2, 0.25) is 10.0 Å². The van der Waals surface area contributed by atoms with E-state index < -0.39 is 12.9 Å². The molecule has 6 heteroatoms. The van der Waals surface area contributed by atoms with Crippen molar-refractivity contribution in [3.05, 3.63) is 29.8 Å². The van der Waals surface area contributed by atoms with Gasteiger partial charge >= 0.3 is 0 Å². The van der Waals surface area contributed by atoms with E-state index in [0.717, 1.165) is 24.8 Å². The minimum absolute atomic E-state index is 0.351. The third-order valence-electron chi connectivity index (χ3n) is 3.27. The molecule has 0 N–H and O–H groups in total. The molecule has 1 unspecified atom stereocenters. The molecule has 0 radical (unpaired) electrons. The van der Waals surface area contributed by atoms with Crippen molar-refractivity contribution in [1.82, 2.24) is 4.31 Å². The van der Waals surface area contributed by atoms with Gasteiger partial charge in [0.15, 0.2) is 0 Å². The van der Waals surface area contributed by atoms with Crippen LogP contribution in [-0.4, -0.2) is 28.7 Å². The van der Waals surface area contributed by atoms with Crippen LogP contribution in [0.15, 0.2) is 29.2 Å². The summed E-state index contributed by atoms with van der Waals surface area (Å²) in [5, 5.41) is 0. The van der Waals surface area contributed by atoms with Crippen LogP contribution in [0, 0.1) is 6.92 Å². The molecule has 1 saturated heterocycles. The summed E-state index contributed by atoms with van der Waals surface area (Å²) in [5.74, 6) is 0. The van der Waals surface area contributed by atoms with Crippen LogP contribution in [0.25, 0.3) is 0 Å². The summed E-state index contributed by atoms with van der Waals surface area (Å²) in [6, 6.07) is 6.97. The Morgan fingerprint density at radius 1 is 1.26 bits per heavy atom. The first-order valence-corrected chi connectivity index (χ1v) is 9.16. The van der Waals surface area contributed by atoms with E-state index in [-0.39, 0.29) is 0 Å². The number of sulfonamides is 1. The largest absolute Gasteiger partial charge is 0.243 e. The molecule has 1 aromatic carbocycles. The molecule has 19 heavy (non-hydrogen) atoms. The Kier molecular flexibility index (Phi) is 4.80. The van der Waals surface area contributed by atoms with Crippen molar-refractivity contribution in [2.24, 2.45) is 0 Å². The van der Waals surface area contributed by atoms with E-state index in [2.05, 4.69) is 22.6 Å². The SMILES string of the molecule is Cc1ccc(S(=O)(=O)N2CCCCC(Cl)(I)C2)cc1. The highest BCUT2D eigenvalue weighted by Crippen LogP contribution is 2.35. The Morgan fingerprint density at radius 3 is 2.53 bits per heavy atom. The quantitative estimate of drug-likeness (QED) is 0.549. The minimum atomic E-state index is -3.43. The molecule has 1 aromatic rings. The zero-order chi connectivity index (χ0) is 14.1. The van der Waals surface area contributed by atoms with Crippen molar-refractivity contribution in [2.45, 2.75) is 34.0 Å². The van der Waals surface area contributed by atoms with E-state index in [1.807, 2.05) is 19.1 Å². The fourth-order valence-corrected chi connectivity index (χ4v) is 5.06. The second kappa shape index (κ2) is 5.87. The lowest BCUT2D eigenvalue weighted by Gasteiger charge is -2.25. The second-order valence-electron chi connectivity index (χ2n) is 4.96. The van der Waals surface area contributed by atoms with Gasteiger partial charge in [-0.25, -0.2) is 8.42 Å². The Labute approximate surface area is 133 Å². The summed E-state index contributed by atoms with van der Waals surface area (Å²) in [7, 11) is -3.43. The van der Waals surface area contributed by atoms with Crippen LogP contribution in [0.3, 0.4) is 0 Å². The highest BCUT2D eigenvalue weighted by molar-refractivity contribution is 14.1. The van der Waals surface area contributed by atoms with Gasteiger partial charge in [-0.1, -0.05) is 40.3 Å². The molecule has 0 bridgehead atoms. The fourth-order valence-electron chi connectivity index (χ4n) is 2.15. The predicted molar refractivity (Wildman–Crippen MR) is 86.4 cm³/mol. The lowest BCUT2D eigenvalue weighted by molar-refractivity contribution is 0.422. The van der Waals surface area contributed by atoms with Crippen LogP contribution < -0.4 is 0 Å². The van der Waals surface area contributed by atoms with Crippen LogP contribution in [-0.2, 0) is 10.0 Å². The van der Waals surface area contributed by atoms with Crippen molar-refractivity contribution < 1.29 is 8.42 Å². The summed E-state index contributed by atoms with van der Waals surface area (Å²) in [4.78, 5) is 0.351. The summed E-state index contributed by atoms with van der Waals surface area (Å²) in [5.41, 5.74) is 1.05.